The number of Topliss-reactive ketones (excluding diaryl/α,β-unsaturated/α-hetero) is 1. The first-order chi connectivity index (χ1) is 12.3. The number of rotatable bonds is 9. The highest BCUT2D eigenvalue weighted by Gasteiger charge is 2.50. The quantitative estimate of drug-likeness (QED) is 0.310. The first-order valence-corrected chi connectivity index (χ1v) is 8.73. The maximum Gasteiger partial charge on any atom is 0.322 e. The van der Waals surface area contributed by atoms with Crippen molar-refractivity contribution in [3.05, 3.63) is 0 Å². The highest BCUT2D eigenvalue weighted by molar-refractivity contribution is 6.03. The maximum atomic E-state index is 12.5. The predicted octanol–water partition coefficient (Wildman–Crippen LogP) is -0.174. The zero-order chi connectivity index (χ0) is 19.7. The van der Waals surface area contributed by atoms with Gasteiger partial charge in [0.05, 0.1) is 39.6 Å². The zero-order valence-corrected chi connectivity index (χ0v) is 15.9. The highest BCUT2D eigenvalue weighted by atomic mass is 16.5. The zero-order valence-electron chi connectivity index (χ0n) is 15.9. The lowest BCUT2D eigenvalue weighted by molar-refractivity contribution is -0.171. The summed E-state index contributed by atoms with van der Waals surface area (Å²) in [5.41, 5.74) is -1.47. The summed E-state index contributed by atoms with van der Waals surface area (Å²) in [6.45, 7) is 7.04. The van der Waals surface area contributed by atoms with Gasteiger partial charge in [-0.3, -0.25) is 29.0 Å². The molecule has 0 aromatic rings. The fraction of sp³-hybridized carbons (Fsp3) is 0.765. The van der Waals surface area contributed by atoms with E-state index >= 15 is 0 Å². The molecule has 1 aliphatic rings. The molecule has 0 N–H and O–H groups in total. The average molecular weight is 372 g/mol. The van der Waals surface area contributed by atoms with Crippen molar-refractivity contribution in [1.29, 1.82) is 0 Å². The fourth-order valence-corrected chi connectivity index (χ4v) is 2.95. The Morgan fingerprint density at radius 3 is 1.58 bits per heavy atom. The molecule has 1 rings (SSSR count). The largest absolute Gasteiger partial charge is 0.465 e. The number of ether oxygens (including phenoxy) is 3. The second-order valence-electron chi connectivity index (χ2n) is 6.08. The van der Waals surface area contributed by atoms with E-state index in [4.69, 9.17) is 14.2 Å². The predicted molar refractivity (Wildman–Crippen MR) is 91.0 cm³/mol. The molecule has 26 heavy (non-hydrogen) atoms. The van der Waals surface area contributed by atoms with Gasteiger partial charge in [0, 0.05) is 13.1 Å². The van der Waals surface area contributed by atoms with Gasteiger partial charge in [-0.15, -0.1) is 0 Å². The molecular weight excluding hydrogens is 344 g/mol. The van der Waals surface area contributed by atoms with Crippen LogP contribution in [0.5, 0.6) is 0 Å². The molecule has 1 fully saturated rings. The van der Waals surface area contributed by atoms with Crippen LogP contribution in [-0.2, 0) is 33.4 Å². The van der Waals surface area contributed by atoms with Crippen molar-refractivity contribution in [3.63, 3.8) is 0 Å². The molecule has 0 aliphatic carbocycles. The molecule has 0 amide bonds. The summed E-state index contributed by atoms with van der Waals surface area (Å²) in [7, 11) is 0. The Morgan fingerprint density at radius 2 is 1.23 bits per heavy atom. The number of ketones is 1. The minimum absolute atomic E-state index is 0.0271. The number of nitrogens with zero attached hydrogens (tertiary/aromatic N) is 2. The molecule has 0 radical (unpaired) electrons. The van der Waals surface area contributed by atoms with Crippen LogP contribution in [0.2, 0.25) is 0 Å². The summed E-state index contributed by atoms with van der Waals surface area (Å²) in [4.78, 5) is 51.8. The van der Waals surface area contributed by atoms with Crippen molar-refractivity contribution < 1.29 is 33.4 Å². The Morgan fingerprint density at radius 1 is 0.808 bits per heavy atom. The van der Waals surface area contributed by atoms with E-state index in [1.807, 2.05) is 0 Å². The SMILES string of the molecule is CCOC(=O)CN1CN(CC(=O)OCC)CC(C(C)=O)(C(=O)OCC)C1. The molecule has 1 saturated heterocycles. The minimum Gasteiger partial charge on any atom is -0.465 e. The van der Waals surface area contributed by atoms with Crippen LogP contribution in [-0.4, -0.2) is 86.2 Å². The van der Waals surface area contributed by atoms with Crippen molar-refractivity contribution in [2.45, 2.75) is 27.7 Å². The third kappa shape index (κ3) is 5.77. The Hall–Kier alpha value is -2.00. The molecule has 1 aliphatic heterocycles. The van der Waals surface area contributed by atoms with E-state index in [1.54, 1.807) is 30.6 Å². The standard InChI is InChI=1S/C17H28N2O7/c1-5-24-14(21)8-18-10-17(13(4)20,16(23)26-7-3)11-19(12-18)9-15(22)25-6-2/h5-12H2,1-4H3. The summed E-state index contributed by atoms with van der Waals surface area (Å²) in [6, 6.07) is 0. The van der Waals surface area contributed by atoms with Crippen LogP contribution < -0.4 is 0 Å². The van der Waals surface area contributed by atoms with Crippen LogP contribution in [0, 0.1) is 5.41 Å². The molecule has 9 nitrogen and oxygen atoms in total. The molecule has 0 aromatic carbocycles. The Bertz CT molecular complexity index is 507. The molecule has 0 saturated carbocycles. The first-order valence-electron chi connectivity index (χ1n) is 8.73. The molecule has 1 heterocycles. The van der Waals surface area contributed by atoms with E-state index in [0.29, 0.717) is 0 Å². The molecule has 0 unspecified atom stereocenters. The molecular formula is C17H28N2O7. The number of hydrogen-bond donors (Lipinski definition) is 0. The van der Waals surface area contributed by atoms with Crippen LogP contribution in [0.4, 0.5) is 0 Å². The summed E-state index contributed by atoms with van der Waals surface area (Å²) in [5.74, 6) is -1.97. The van der Waals surface area contributed by atoms with Gasteiger partial charge in [-0.05, 0) is 27.7 Å². The van der Waals surface area contributed by atoms with Gasteiger partial charge in [0.25, 0.3) is 0 Å². The summed E-state index contributed by atoms with van der Waals surface area (Å²) >= 11 is 0. The van der Waals surface area contributed by atoms with E-state index in [1.165, 1.54) is 6.92 Å². The third-order valence-electron chi connectivity index (χ3n) is 4.04. The molecule has 0 spiro atoms. The summed E-state index contributed by atoms with van der Waals surface area (Å²) in [5, 5.41) is 0. The smallest absolute Gasteiger partial charge is 0.322 e. The highest BCUT2D eigenvalue weighted by Crippen LogP contribution is 2.28. The molecule has 148 valence electrons. The monoisotopic (exact) mass is 372 g/mol. The summed E-state index contributed by atoms with van der Waals surface area (Å²) < 4.78 is 15.0. The lowest BCUT2D eigenvalue weighted by Gasteiger charge is -2.44. The number of carbonyl (C=O) groups excluding carboxylic acids is 4. The van der Waals surface area contributed by atoms with Gasteiger partial charge in [-0.1, -0.05) is 0 Å². The normalized spacial score (nSPS) is 17.4. The molecule has 0 bridgehead atoms. The Kier molecular flexibility index (Phi) is 8.67. The van der Waals surface area contributed by atoms with E-state index in [0.717, 1.165) is 0 Å². The lowest BCUT2D eigenvalue weighted by atomic mass is 9.81. The van der Waals surface area contributed by atoms with Crippen molar-refractivity contribution >= 4 is 23.7 Å². The van der Waals surface area contributed by atoms with Crippen LogP contribution in [0.25, 0.3) is 0 Å². The van der Waals surface area contributed by atoms with Gasteiger partial charge < -0.3 is 14.2 Å². The van der Waals surface area contributed by atoms with Gasteiger partial charge in [-0.25, -0.2) is 0 Å². The molecule has 0 atom stereocenters. The lowest BCUT2D eigenvalue weighted by Crippen LogP contribution is -2.63. The van der Waals surface area contributed by atoms with Crippen LogP contribution in [0.3, 0.4) is 0 Å². The number of hydrogen-bond acceptors (Lipinski definition) is 9. The van der Waals surface area contributed by atoms with Crippen molar-refractivity contribution in [3.8, 4) is 0 Å². The fourth-order valence-electron chi connectivity index (χ4n) is 2.95. The third-order valence-corrected chi connectivity index (χ3v) is 4.04. The number of esters is 3. The van der Waals surface area contributed by atoms with E-state index in [-0.39, 0.29) is 58.5 Å². The van der Waals surface area contributed by atoms with Crippen LogP contribution in [0.15, 0.2) is 0 Å². The van der Waals surface area contributed by atoms with Gasteiger partial charge in [0.1, 0.15) is 5.78 Å². The van der Waals surface area contributed by atoms with E-state index in [2.05, 4.69) is 0 Å². The molecule has 9 heteroatoms. The number of carbonyl (C=O) groups is 4. The Balaban J connectivity index is 3.06. The van der Waals surface area contributed by atoms with Crippen molar-refractivity contribution in [1.82, 2.24) is 9.80 Å². The Labute approximate surface area is 153 Å². The van der Waals surface area contributed by atoms with Crippen LogP contribution in [0.1, 0.15) is 27.7 Å². The maximum absolute atomic E-state index is 12.5. The second-order valence-corrected chi connectivity index (χ2v) is 6.08. The van der Waals surface area contributed by atoms with Gasteiger partial charge in [-0.2, -0.15) is 0 Å². The van der Waals surface area contributed by atoms with Gasteiger partial charge >= 0.3 is 17.9 Å². The van der Waals surface area contributed by atoms with Gasteiger partial charge in [0.2, 0.25) is 0 Å². The average Bonchev–Trinajstić information content (AvgIpc) is 2.54. The topological polar surface area (TPSA) is 102 Å². The van der Waals surface area contributed by atoms with E-state index < -0.39 is 23.3 Å². The molecule has 0 aromatic heterocycles. The van der Waals surface area contributed by atoms with Gasteiger partial charge in [0.15, 0.2) is 5.41 Å². The first kappa shape index (κ1) is 22.0. The van der Waals surface area contributed by atoms with Crippen molar-refractivity contribution in [2.24, 2.45) is 5.41 Å². The minimum atomic E-state index is -1.47. The van der Waals surface area contributed by atoms with E-state index in [9.17, 15) is 19.2 Å². The van der Waals surface area contributed by atoms with Crippen LogP contribution >= 0.6 is 0 Å². The van der Waals surface area contributed by atoms with Crippen molar-refractivity contribution in [2.75, 3.05) is 52.7 Å². The second kappa shape index (κ2) is 10.2. The summed E-state index contributed by atoms with van der Waals surface area (Å²) in [6.07, 6.45) is 0.